The third-order valence-corrected chi connectivity index (χ3v) is 8.61. The van der Waals surface area contributed by atoms with Crippen LogP contribution in [0.4, 0.5) is 0 Å². The lowest BCUT2D eigenvalue weighted by Crippen LogP contribution is -2.61. The summed E-state index contributed by atoms with van der Waals surface area (Å²) in [5.74, 6) is -1.01. The van der Waals surface area contributed by atoms with Gasteiger partial charge in [0.2, 0.25) is 11.8 Å². The maximum Gasteiger partial charge on any atom is 0.320 e. The topological polar surface area (TPSA) is 76.2 Å². The first-order valence-electron chi connectivity index (χ1n) is 13.8. The second-order valence-corrected chi connectivity index (χ2v) is 12.1. The Hall–Kier alpha value is -2.15. The Balaban J connectivity index is 1.72. The molecule has 3 heterocycles. The first kappa shape index (κ1) is 26.9. The molecule has 0 unspecified atom stereocenters. The van der Waals surface area contributed by atoms with E-state index in [-0.39, 0.29) is 42.1 Å². The first-order chi connectivity index (χ1) is 17.1. The van der Waals surface area contributed by atoms with Gasteiger partial charge in [0.15, 0.2) is 0 Å². The molecule has 200 valence electrons. The molecular formula is C29H44N2O5. The van der Waals surface area contributed by atoms with Crippen molar-refractivity contribution in [1.29, 1.82) is 0 Å². The number of hydrogen-bond acceptors (Lipinski definition) is 5. The minimum atomic E-state index is -1.11. The molecule has 2 amide bonds. The van der Waals surface area contributed by atoms with Crippen LogP contribution in [0.1, 0.15) is 85.5 Å². The van der Waals surface area contributed by atoms with E-state index in [4.69, 9.17) is 9.47 Å². The smallest absolute Gasteiger partial charge is 0.320 e. The highest BCUT2D eigenvalue weighted by atomic mass is 16.5. The van der Waals surface area contributed by atoms with Crippen molar-refractivity contribution in [3.05, 3.63) is 23.4 Å². The van der Waals surface area contributed by atoms with Crippen LogP contribution in [0.2, 0.25) is 0 Å². The Kier molecular flexibility index (Phi) is 7.98. The van der Waals surface area contributed by atoms with E-state index in [0.717, 1.165) is 45.2 Å². The van der Waals surface area contributed by atoms with Crippen LogP contribution in [-0.2, 0) is 23.9 Å². The maximum absolute atomic E-state index is 14.0. The number of rotatable bonds is 6. The van der Waals surface area contributed by atoms with Crippen molar-refractivity contribution < 1.29 is 23.9 Å². The summed E-state index contributed by atoms with van der Waals surface area (Å²) < 4.78 is 11.8. The SMILES string of the molecule is COC(=O)[C@]12C[C@H](CC(=O)N3CCCC3)C(=O)N(CCC3=CCCCC3)C1=C[C@H](C(C)(C)C)O[C@@H]2C. The molecular weight excluding hydrogens is 456 g/mol. The van der Waals surface area contributed by atoms with Crippen molar-refractivity contribution in [3.63, 3.8) is 0 Å². The number of allylic oxidation sites excluding steroid dienone is 1. The van der Waals surface area contributed by atoms with Gasteiger partial charge < -0.3 is 19.3 Å². The number of esters is 1. The van der Waals surface area contributed by atoms with Gasteiger partial charge in [-0.1, -0.05) is 32.4 Å². The lowest BCUT2D eigenvalue weighted by Gasteiger charge is -2.53. The van der Waals surface area contributed by atoms with Gasteiger partial charge in [-0.3, -0.25) is 14.4 Å². The Morgan fingerprint density at radius 3 is 2.50 bits per heavy atom. The molecule has 0 N–H and O–H groups in total. The van der Waals surface area contributed by atoms with Crippen molar-refractivity contribution in [2.45, 2.75) is 97.7 Å². The molecule has 7 heteroatoms. The highest BCUT2D eigenvalue weighted by Gasteiger charge is 2.60. The van der Waals surface area contributed by atoms with E-state index in [0.29, 0.717) is 12.2 Å². The second-order valence-electron chi connectivity index (χ2n) is 12.1. The van der Waals surface area contributed by atoms with Crippen molar-refractivity contribution in [2.24, 2.45) is 16.7 Å². The molecule has 36 heavy (non-hydrogen) atoms. The summed E-state index contributed by atoms with van der Waals surface area (Å²) in [5, 5.41) is 0. The Bertz CT molecular complexity index is 926. The molecule has 7 nitrogen and oxygen atoms in total. The molecule has 0 radical (unpaired) electrons. The molecule has 1 aliphatic carbocycles. The predicted octanol–water partition coefficient (Wildman–Crippen LogP) is 4.61. The average Bonchev–Trinajstić information content (AvgIpc) is 3.39. The summed E-state index contributed by atoms with van der Waals surface area (Å²) in [6, 6.07) is 0. The van der Waals surface area contributed by atoms with E-state index in [2.05, 4.69) is 26.8 Å². The highest BCUT2D eigenvalue weighted by molar-refractivity contribution is 5.92. The zero-order valence-electron chi connectivity index (χ0n) is 22.8. The van der Waals surface area contributed by atoms with Crippen LogP contribution in [0.5, 0.6) is 0 Å². The fourth-order valence-electron chi connectivity index (χ4n) is 6.37. The van der Waals surface area contributed by atoms with E-state index >= 15 is 0 Å². The molecule has 2 fully saturated rings. The molecule has 4 rings (SSSR count). The fraction of sp³-hybridized carbons (Fsp3) is 0.759. The number of hydrogen-bond donors (Lipinski definition) is 0. The Morgan fingerprint density at radius 1 is 1.17 bits per heavy atom. The van der Waals surface area contributed by atoms with Gasteiger partial charge in [-0.05, 0) is 69.8 Å². The van der Waals surface area contributed by atoms with Crippen LogP contribution in [0, 0.1) is 16.7 Å². The highest BCUT2D eigenvalue weighted by Crippen LogP contribution is 2.52. The third kappa shape index (κ3) is 5.13. The normalized spacial score (nSPS) is 31.0. The zero-order valence-corrected chi connectivity index (χ0v) is 22.8. The van der Waals surface area contributed by atoms with Crippen LogP contribution in [0.15, 0.2) is 23.4 Å². The summed E-state index contributed by atoms with van der Waals surface area (Å²) in [7, 11) is 1.40. The number of ether oxygens (including phenoxy) is 2. The molecule has 0 bridgehead atoms. The average molecular weight is 501 g/mol. The van der Waals surface area contributed by atoms with Crippen LogP contribution in [0.25, 0.3) is 0 Å². The van der Waals surface area contributed by atoms with E-state index in [1.54, 1.807) is 0 Å². The predicted molar refractivity (Wildman–Crippen MR) is 138 cm³/mol. The summed E-state index contributed by atoms with van der Waals surface area (Å²) >= 11 is 0. The standard InChI is InChI=1S/C29H44N2O5/c1-20-29(27(34)35-5)19-22(17-25(32)30-14-9-10-15-30)26(33)31(16-13-21-11-7-6-8-12-21)23(29)18-24(36-20)28(2,3)4/h11,18,20,22,24H,6-10,12-17,19H2,1-5H3/t20-,22+,24-,29+/m1/s1. The summed E-state index contributed by atoms with van der Waals surface area (Å²) in [6.07, 6.45) is 11.3. The van der Waals surface area contributed by atoms with Crippen LogP contribution in [-0.4, -0.2) is 66.5 Å². The monoisotopic (exact) mass is 500 g/mol. The van der Waals surface area contributed by atoms with Gasteiger partial charge in [-0.2, -0.15) is 0 Å². The molecule has 4 atom stereocenters. The number of methoxy groups -OCH3 is 1. The van der Waals surface area contributed by atoms with Crippen LogP contribution < -0.4 is 0 Å². The number of carbonyl (C=O) groups is 3. The fourth-order valence-corrected chi connectivity index (χ4v) is 6.37. The van der Waals surface area contributed by atoms with E-state index in [1.807, 2.05) is 22.8 Å². The number of fused-ring (bicyclic) bond motifs is 1. The minimum Gasteiger partial charge on any atom is -0.468 e. The third-order valence-electron chi connectivity index (χ3n) is 8.61. The van der Waals surface area contributed by atoms with E-state index in [1.165, 1.54) is 25.5 Å². The Morgan fingerprint density at radius 2 is 1.89 bits per heavy atom. The largest absolute Gasteiger partial charge is 0.468 e. The van der Waals surface area contributed by atoms with Gasteiger partial charge in [0.1, 0.15) is 5.41 Å². The van der Waals surface area contributed by atoms with Crippen molar-refractivity contribution >= 4 is 17.8 Å². The molecule has 0 saturated carbocycles. The van der Waals surface area contributed by atoms with Crippen molar-refractivity contribution in [3.8, 4) is 0 Å². The van der Waals surface area contributed by atoms with Gasteiger partial charge in [0, 0.05) is 37.7 Å². The molecule has 0 aromatic rings. The second kappa shape index (κ2) is 10.7. The van der Waals surface area contributed by atoms with Crippen LogP contribution in [0.3, 0.4) is 0 Å². The number of amides is 2. The van der Waals surface area contributed by atoms with Gasteiger partial charge >= 0.3 is 5.97 Å². The van der Waals surface area contributed by atoms with Gasteiger partial charge in [0.25, 0.3) is 0 Å². The lowest BCUT2D eigenvalue weighted by atomic mass is 9.65. The summed E-state index contributed by atoms with van der Waals surface area (Å²) in [5.41, 5.74) is 0.772. The molecule has 0 aromatic heterocycles. The van der Waals surface area contributed by atoms with Gasteiger partial charge in [0.05, 0.1) is 19.3 Å². The number of likely N-dealkylation sites (tertiary alicyclic amines) is 2. The van der Waals surface area contributed by atoms with E-state index in [9.17, 15) is 14.4 Å². The maximum atomic E-state index is 14.0. The molecule has 4 aliphatic rings. The molecule has 3 aliphatic heterocycles. The Labute approximate surface area is 216 Å². The van der Waals surface area contributed by atoms with Crippen molar-refractivity contribution in [1.82, 2.24) is 9.80 Å². The zero-order chi connectivity index (χ0) is 26.1. The molecule has 0 aromatic carbocycles. The lowest BCUT2D eigenvalue weighted by molar-refractivity contribution is -0.180. The first-order valence-corrected chi connectivity index (χ1v) is 13.8. The number of nitrogens with zero attached hydrogens (tertiary/aromatic N) is 2. The number of piperidine rings is 1. The quantitative estimate of drug-likeness (QED) is 0.393. The minimum absolute atomic E-state index is 0.00480. The van der Waals surface area contributed by atoms with E-state index < -0.39 is 17.4 Å². The van der Waals surface area contributed by atoms with Gasteiger partial charge in [-0.15, -0.1) is 0 Å². The summed E-state index contributed by atoms with van der Waals surface area (Å²) in [4.78, 5) is 44.4. The van der Waals surface area contributed by atoms with Crippen molar-refractivity contribution in [2.75, 3.05) is 26.7 Å². The molecule has 0 spiro atoms. The van der Waals surface area contributed by atoms with Gasteiger partial charge in [-0.25, -0.2) is 0 Å². The summed E-state index contributed by atoms with van der Waals surface area (Å²) in [6.45, 7) is 10.2. The molecule has 2 saturated heterocycles. The number of carbonyl (C=O) groups excluding carboxylic acids is 3. The van der Waals surface area contributed by atoms with Crippen LogP contribution >= 0.6 is 0 Å².